The fourth-order valence-corrected chi connectivity index (χ4v) is 4.33. The van der Waals surface area contributed by atoms with Crippen molar-refractivity contribution in [2.24, 2.45) is 0 Å². The first-order valence-corrected chi connectivity index (χ1v) is 9.80. The normalized spacial score (nSPS) is 16.6. The molecule has 0 spiro atoms. The smallest absolute Gasteiger partial charge is 0.255 e. The summed E-state index contributed by atoms with van der Waals surface area (Å²) in [5.74, 6) is 1.60. The Bertz CT molecular complexity index is 974. The number of hydrogen-bond acceptors (Lipinski definition) is 5. The summed E-state index contributed by atoms with van der Waals surface area (Å²) in [5.41, 5.74) is 1.32. The molecule has 0 aliphatic carbocycles. The third kappa shape index (κ3) is 3.55. The van der Waals surface area contributed by atoms with Crippen LogP contribution in [0, 0.1) is 0 Å². The van der Waals surface area contributed by atoms with Crippen molar-refractivity contribution < 1.29 is 14.0 Å². The van der Waals surface area contributed by atoms with E-state index in [9.17, 15) is 9.59 Å². The Morgan fingerprint density at radius 2 is 2.19 bits per heavy atom. The minimum Gasteiger partial charge on any atom is -0.467 e. The van der Waals surface area contributed by atoms with Crippen LogP contribution in [0.15, 0.2) is 59.3 Å². The van der Waals surface area contributed by atoms with Gasteiger partial charge in [-0.05, 0) is 30.3 Å². The zero-order valence-electron chi connectivity index (χ0n) is 14.9. The number of aromatic nitrogens is 1. The summed E-state index contributed by atoms with van der Waals surface area (Å²) in [7, 11) is 1.73. The molecule has 1 aliphatic heterocycles. The zero-order chi connectivity index (χ0) is 18.8. The Balaban J connectivity index is 1.52. The molecule has 138 valence electrons. The number of carbonyl (C=O) groups excluding carboxylic acids is 2. The Hall–Kier alpha value is -2.80. The van der Waals surface area contributed by atoms with Gasteiger partial charge in [0.05, 0.1) is 24.2 Å². The van der Waals surface area contributed by atoms with Crippen LogP contribution in [-0.4, -0.2) is 51.3 Å². The van der Waals surface area contributed by atoms with Gasteiger partial charge in [-0.15, -0.1) is 11.8 Å². The molecule has 1 fully saturated rings. The van der Waals surface area contributed by atoms with E-state index in [1.165, 1.54) is 0 Å². The monoisotopic (exact) mass is 381 g/mol. The molecule has 0 saturated carbocycles. The summed E-state index contributed by atoms with van der Waals surface area (Å²) >= 11 is 1.59. The summed E-state index contributed by atoms with van der Waals surface area (Å²) in [6.45, 7) is 0.384. The first kappa shape index (κ1) is 17.6. The predicted molar refractivity (Wildman–Crippen MR) is 104 cm³/mol. The van der Waals surface area contributed by atoms with Gasteiger partial charge >= 0.3 is 0 Å². The highest BCUT2D eigenvalue weighted by Gasteiger charge is 2.36. The first-order chi connectivity index (χ1) is 13.1. The SMILES string of the molecule is CN(Cc1ccco1)C(=O)C1CSCN1C(=O)c1ccc2cccnc2c1. The van der Waals surface area contributed by atoms with Crippen LogP contribution in [0.2, 0.25) is 0 Å². The number of amides is 2. The molecule has 1 aliphatic rings. The maximum Gasteiger partial charge on any atom is 0.255 e. The van der Waals surface area contributed by atoms with Crippen molar-refractivity contribution in [3.05, 3.63) is 66.2 Å². The Labute approximate surface area is 161 Å². The summed E-state index contributed by atoms with van der Waals surface area (Å²) in [6.07, 6.45) is 3.29. The number of thioether (sulfide) groups is 1. The molecule has 1 unspecified atom stereocenters. The third-order valence-corrected chi connectivity index (χ3v) is 5.64. The number of furan rings is 1. The van der Waals surface area contributed by atoms with Gasteiger partial charge in [0.2, 0.25) is 5.91 Å². The standard InChI is InChI=1S/C20H19N3O3S/c1-22(11-16-5-3-9-26-16)20(25)18-12-27-13-23(18)19(24)15-7-6-14-4-2-8-21-17(14)10-15/h2-10,18H,11-13H2,1H3. The highest BCUT2D eigenvalue weighted by molar-refractivity contribution is 7.99. The topological polar surface area (TPSA) is 66.7 Å². The van der Waals surface area contributed by atoms with Crippen LogP contribution < -0.4 is 0 Å². The van der Waals surface area contributed by atoms with E-state index in [1.807, 2.05) is 24.3 Å². The van der Waals surface area contributed by atoms with Gasteiger partial charge in [0.25, 0.3) is 5.91 Å². The van der Waals surface area contributed by atoms with E-state index in [2.05, 4.69) is 4.98 Å². The van der Waals surface area contributed by atoms with Crippen LogP contribution in [0.5, 0.6) is 0 Å². The van der Waals surface area contributed by atoms with Gasteiger partial charge in [-0.3, -0.25) is 14.6 Å². The molecule has 6 nitrogen and oxygen atoms in total. The van der Waals surface area contributed by atoms with Gasteiger partial charge in [-0.1, -0.05) is 12.1 Å². The van der Waals surface area contributed by atoms with Crippen molar-refractivity contribution >= 4 is 34.5 Å². The molecule has 0 N–H and O–H groups in total. The van der Waals surface area contributed by atoms with Crippen molar-refractivity contribution in [1.82, 2.24) is 14.8 Å². The lowest BCUT2D eigenvalue weighted by Crippen LogP contribution is -2.47. The lowest BCUT2D eigenvalue weighted by Gasteiger charge is -2.27. The van der Waals surface area contributed by atoms with E-state index >= 15 is 0 Å². The van der Waals surface area contributed by atoms with Crippen LogP contribution in [-0.2, 0) is 11.3 Å². The summed E-state index contributed by atoms with van der Waals surface area (Å²) < 4.78 is 5.31. The summed E-state index contributed by atoms with van der Waals surface area (Å²) in [5, 5.41) is 0.982. The quantitative estimate of drug-likeness (QED) is 0.695. The lowest BCUT2D eigenvalue weighted by molar-refractivity contribution is -0.134. The van der Waals surface area contributed by atoms with Crippen molar-refractivity contribution in [2.75, 3.05) is 18.7 Å². The first-order valence-electron chi connectivity index (χ1n) is 8.64. The van der Waals surface area contributed by atoms with Crippen molar-refractivity contribution in [1.29, 1.82) is 0 Å². The van der Waals surface area contributed by atoms with Crippen molar-refractivity contribution in [2.45, 2.75) is 12.6 Å². The summed E-state index contributed by atoms with van der Waals surface area (Å²) in [6, 6.07) is 12.4. The molecule has 0 radical (unpaired) electrons. The lowest BCUT2D eigenvalue weighted by atomic mass is 10.1. The van der Waals surface area contributed by atoms with Crippen LogP contribution in [0.4, 0.5) is 0 Å². The van der Waals surface area contributed by atoms with E-state index < -0.39 is 6.04 Å². The van der Waals surface area contributed by atoms with Crippen LogP contribution in [0.25, 0.3) is 10.9 Å². The van der Waals surface area contributed by atoms with Gasteiger partial charge in [0, 0.05) is 29.9 Å². The number of benzene rings is 1. The van der Waals surface area contributed by atoms with Gasteiger partial charge in [-0.25, -0.2) is 0 Å². The Morgan fingerprint density at radius 3 is 3.00 bits per heavy atom. The molecule has 1 atom stereocenters. The summed E-state index contributed by atoms with van der Waals surface area (Å²) in [4.78, 5) is 33.5. The van der Waals surface area contributed by atoms with Gasteiger partial charge in [-0.2, -0.15) is 0 Å². The second-order valence-corrected chi connectivity index (χ2v) is 7.47. The molecule has 3 heterocycles. The van der Waals surface area contributed by atoms with Crippen LogP contribution in [0.1, 0.15) is 16.1 Å². The Morgan fingerprint density at radius 1 is 1.30 bits per heavy atom. The van der Waals surface area contributed by atoms with Crippen molar-refractivity contribution in [3.63, 3.8) is 0 Å². The van der Waals surface area contributed by atoms with Gasteiger partial charge in [0.1, 0.15) is 11.8 Å². The second-order valence-electron chi connectivity index (χ2n) is 6.48. The third-order valence-electron chi connectivity index (χ3n) is 4.63. The van der Waals surface area contributed by atoms with Gasteiger partial charge in [0.15, 0.2) is 0 Å². The molecular weight excluding hydrogens is 362 g/mol. The minimum atomic E-state index is -0.470. The number of nitrogens with zero attached hydrogens (tertiary/aromatic N) is 3. The molecule has 3 aromatic rings. The molecule has 1 aromatic carbocycles. The number of likely N-dealkylation sites (N-methyl/N-ethyl adjacent to an activating group) is 1. The van der Waals surface area contributed by atoms with E-state index in [1.54, 1.807) is 59.3 Å². The highest BCUT2D eigenvalue weighted by atomic mass is 32.2. The second kappa shape index (κ2) is 7.44. The molecule has 1 saturated heterocycles. The predicted octanol–water partition coefficient (Wildman–Crippen LogP) is 3.00. The largest absolute Gasteiger partial charge is 0.467 e. The fraction of sp³-hybridized carbons (Fsp3) is 0.250. The minimum absolute atomic E-state index is 0.0799. The highest BCUT2D eigenvalue weighted by Crippen LogP contribution is 2.26. The molecule has 0 bridgehead atoms. The van der Waals surface area contributed by atoms with E-state index in [0.29, 0.717) is 23.7 Å². The van der Waals surface area contributed by atoms with Gasteiger partial charge < -0.3 is 14.2 Å². The van der Waals surface area contributed by atoms with Crippen LogP contribution >= 0.6 is 11.8 Å². The van der Waals surface area contributed by atoms with E-state index in [-0.39, 0.29) is 11.8 Å². The number of fused-ring (bicyclic) bond motifs is 1. The van der Waals surface area contributed by atoms with Crippen molar-refractivity contribution in [3.8, 4) is 0 Å². The van der Waals surface area contributed by atoms with E-state index in [0.717, 1.165) is 16.7 Å². The van der Waals surface area contributed by atoms with E-state index in [4.69, 9.17) is 4.42 Å². The number of carbonyl (C=O) groups is 2. The maximum atomic E-state index is 13.0. The zero-order valence-corrected chi connectivity index (χ0v) is 15.7. The molecule has 7 heteroatoms. The number of pyridine rings is 1. The average molecular weight is 381 g/mol. The molecule has 27 heavy (non-hydrogen) atoms. The number of hydrogen-bond donors (Lipinski definition) is 0. The van der Waals surface area contributed by atoms with Crippen LogP contribution in [0.3, 0.4) is 0 Å². The molecule has 2 amide bonds. The number of rotatable bonds is 4. The molecule has 4 rings (SSSR count). The molecular formula is C20H19N3O3S. The average Bonchev–Trinajstić information content (AvgIpc) is 3.38. The Kier molecular flexibility index (Phi) is 4.85. The maximum absolute atomic E-state index is 13.0. The molecule has 2 aromatic heterocycles. The fourth-order valence-electron chi connectivity index (χ4n) is 3.18.